The molecule has 180 valence electrons. The van der Waals surface area contributed by atoms with E-state index in [0.29, 0.717) is 12.2 Å². The zero-order valence-corrected chi connectivity index (χ0v) is 19.4. The van der Waals surface area contributed by atoms with Crippen molar-refractivity contribution in [2.24, 2.45) is 11.7 Å². The van der Waals surface area contributed by atoms with E-state index in [2.05, 4.69) is 16.0 Å². The number of nitrogens with two attached hydrogens (primary N) is 1. The summed E-state index contributed by atoms with van der Waals surface area (Å²) in [4.78, 5) is 49.1. The van der Waals surface area contributed by atoms with Gasteiger partial charge < -0.3 is 37.0 Å². The van der Waals surface area contributed by atoms with Gasteiger partial charge in [0, 0.05) is 0 Å². The standard InChI is InChI=1S/C19H36N4O7S/c1-6-9(2)14(22-17(27)13(20)10(3)24)18(28)21-12(7-8-31-5)16(26)23-15(11(4)25)19(29)30/h9-15,24-25H,6-8,20H2,1-5H3,(H,21,28)(H,22,27)(H,23,26)(H,29,30). The largest absolute Gasteiger partial charge is 0.480 e. The lowest BCUT2D eigenvalue weighted by Gasteiger charge is -2.28. The minimum atomic E-state index is -1.53. The molecule has 0 saturated carbocycles. The second kappa shape index (κ2) is 14.2. The van der Waals surface area contributed by atoms with Crippen LogP contribution in [0.3, 0.4) is 0 Å². The van der Waals surface area contributed by atoms with Crippen LogP contribution in [0, 0.1) is 5.92 Å². The number of amides is 3. The van der Waals surface area contributed by atoms with Crippen LogP contribution in [0.5, 0.6) is 0 Å². The number of carbonyl (C=O) groups excluding carboxylic acids is 3. The highest BCUT2D eigenvalue weighted by Gasteiger charge is 2.33. The molecule has 0 spiro atoms. The zero-order valence-electron chi connectivity index (χ0n) is 18.6. The lowest BCUT2D eigenvalue weighted by atomic mass is 9.97. The van der Waals surface area contributed by atoms with E-state index in [1.54, 1.807) is 6.92 Å². The van der Waals surface area contributed by atoms with Gasteiger partial charge in [-0.15, -0.1) is 0 Å². The summed E-state index contributed by atoms with van der Waals surface area (Å²) < 4.78 is 0. The number of thioether (sulfide) groups is 1. The van der Waals surface area contributed by atoms with Crippen molar-refractivity contribution < 1.29 is 34.5 Å². The first-order chi connectivity index (χ1) is 14.4. The van der Waals surface area contributed by atoms with Gasteiger partial charge in [0.15, 0.2) is 6.04 Å². The number of nitrogens with one attached hydrogen (secondary N) is 3. The molecule has 0 bridgehead atoms. The molecule has 11 nitrogen and oxygen atoms in total. The fourth-order valence-electron chi connectivity index (χ4n) is 2.58. The van der Waals surface area contributed by atoms with E-state index in [1.807, 2.05) is 13.2 Å². The van der Waals surface area contributed by atoms with E-state index in [4.69, 9.17) is 5.73 Å². The maximum absolute atomic E-state index is 12.9. The molecule has 0 saturated heterocycles. The van der Waals surface area contributed by atoms with E-state index in [-0.39, 0.29) is 12.3 Å². The van der Waals surface area contributed by atoms with Crippen molar-refractivity contribution in [1.82, 2.24) is 16.0 Å². The van der Waals surface area contributed by atoms with Crippen LogP contribution < -0.4 is 21.7 Å². The number of aliphatic hydroxyl groups is 2. The van der Waals surface area contributed by atoms with Gasteiger partial charge in [-0.05, 0) is 38.2 Å². The number of aliphatic carboxylic acids is 1. The van der Waals surface area contributed by atoms with Gasteiger partial charge in [0.2, 0.25) is 17.7 Å². The molecule has 12 heteroatoms. The number of carboxylic acid groups (broad SMARTS) is 1. The van der Waals surface area contributed by atoms with Crippen molar-refractivity contribution in [3.05, 3.63) is 0 Å². The van der Waals surface area contributed by atoms with E-state index in [0.717, 1.165) is 0 Å². The number of hydrogen-bond acceptors (Lipinski definition) is 8. The summed E-state index contributed by atoms with van der Waals surface area (Å²) in [6, 6.07) is -4.85. The summed E-state index contributed by atoms with van der Waals surface area (Å²) in [7, 11) is 0. The summed E-state index contributed by atoms with van der Waals surface area (Å²) in [6.45, 7) is 6.15. The number of carboxylic acids is 1. The maximum Gasteiger partial charge on any atom is 0.328 e. The molecule has 0 aliphatic heterocycles. The Balaban J connectivity index is 5.51. The predicted octanol–water partition coefficient (Wildman–Crippen LogP) is -1.59. The quantitative estimate of drug-likeness (QED) is 0.159. The molecule has 0 radical (unpaired) electrons. The highest BCUT2D eigenvalue weighted by molar-refractivity contribution is 7.98. The van der Waals surface area contributed by atoms with E-state index in [1.165, 1.54) is 25.6 Å². The minimum absolute atomic E-state index is 0.208. The van der Waals surface area contributed by atoms with Gasteiger partial charge in [-0.3, -0.25) is 14.4 Å². The van der Waals surface area contributed by atoms with Crippen LogP contribution in [0.1, 0.15) is 40.5 Å². The van der Waals surface area contributed by atoms with Crippen molar-refractivity contribution >= 4 is 35.5 Å². The molecule has 0 aliphatic rings. The number of carbonyl (C=O) groups is 4. The Kier molecular flexibility index (Phi) is 13.4. The van der Waals surface area contributed by atoms with Gasteiger partial charge in [0.05, 0.1) is 12.2 Å². The molecule has 0 aromatic rings. The monoisotopic (exact) mass is 464 g/mol. The Bertz CT molecular complexity index is 618. The van der Waals surface area contributed by atoms with Crippen LogP contribution in [-0.2, 0) is 19.2 Å². The molecular weight excluding hydrogens is 428 g/mol. The molecule has 7 unspecified atom stereocenters. The van der Waals surface area contributed by atoms with Crippen molar-refractivity contribution in [3.8, 4) is 0 Å². The van der Waals surface area contributed by atoms with Crippen LogP contribution in [0.15, 0.2) is 0 Å². The molecule has 3 amide bonds. The Morgan fingerprint density at radius 3 is 1.87 bits per heavy atom. The first-order valence-corrected chi connectivity index (χ1v) is 11.5. The van der Waals surface area contributed by atoms with Crippen molar-refractivity contribution in [1.29, 1.82) is 0 Å². The molecule has 8 N–H and O–H groups in total. The van der Waals surface area contributed by atoms with Crippen LogP contribution in [0.25, 0.3) is 0 Å². The molecule has 0 aromatic heterocycles. The van der Waals surface area contributed by atoms with Crippen molar-refractivity contribution in [2.45, 2.75) is 76.9 Å². The Hall–Kier alpha value is -1.89. The molecule has 0 rings (SSSR count). The molecule has 7 atom stereocenters. The lowest BCUT2D eigenvalue weighted by molar-refractivity contribution is -0.145. The summed E-state index contributed by atoms with van der Waals surface area (Å²) >= 11 is 1.43. The highest BCUT2D eigenvalue weighted by atomic mass is 32.2. The Labute approximate surface area is 186 Å². The molecule has 31 heavy (non-hydrogen) atoms. The normalized spacial score (nSPS) is 17.9. The van der Waals surface area contributed by atoms with Gasteiger partial charge in [-0.25, -0.2) is 4.79 Å². The van der Waals surface area contributed by atoms with Crippen molar-refractivity contribution in [2.75, 3.05) is 12.0 Å². The predicted molar refractivity (Wildman–Crippen MR) is 117 cm³/mol. The van der Waals surface area contributed by atoms with Crippen LogP contribution in [0.2, 0.25) is 0 Å². The molecule has 0 heterocycles. The Morgan fingerprint density at radius 1 is 0.903 bits per heavy atom. The van der Waals surface area contributed by atoms with E-state index < -0.39 is 60.1 Å². The average molecular weight is 465 g/mol. The highest BCUT2D eigenvalue weighted by Crippen LogP contribution is 2.10. The van der Waals surface area contributed by atoms with E-state index >= 15 is 0 Å². The second-order valence-electron chi connectivity index (χ2n) is 7.55. The fraction of sp³-hybridized carbons (Fsp3) is 0.789. The van der Waals surface area contributed by atoms with Crippen LogP contribution >= 0.6 is 11.8 Å². The Morgan fingerprint density at radius 2 is 1.45 bits per heavy atom. The van der Waals surface area contributed by atoms with Gasteiger partial charge in [0.1, 0.15) is 18.1 Å². The lowest BCUT2D eigenvalue weighted by Crippen LogP contribution is -2.60. The SMILES string of the molecule is CCC(C)C(NC(=O)C(N)C(C)O)C(=O)NC(CCSC)C(=O)NC(C(=O)O)C(C)O. The third-order valence-corrected chi connectivity index (χ3v) is 5.55. The first kappa shape index (κ1) is 29.1. The van der Waals surface area contributed by atoms with Crippen LogP contribution in [-0.4, -0.2) is 87.4 Å². The zero-order chi connectivity index (χ0) is 24.3. The smallest absolute Gasteiger partial charge is 0.328 e. The van der Waals surface area contributed by atoms with Crippen LogP contribution in [0.4, 0.5) is 0 Å². The van der Waals surface area contributed by atoms with Gasteiger partial charge in [-0.2, -0.15) is 11.8 Å². The molecular formula is C19H36N4O7S. The van der Waals surface area contributed by atoms with Gasteiger partial charge >= 0.3 is 5.97 Å². The average Bonchev–Trinajstić information content (AvgIpc) is 2.70. The first-order valence-electron chi connectivity index (χ1n) is 10.1. The number of rotatable bonds is 14. The number of hydrogen-bond donors (Lipinski definition) is 7. The maximum atomic E-state index is 12.9. The third kappa shape index (κ3) is 9.85. The molecule has 0 aliphatic carbocycles. The fourth-order valence-corrected chi connectivity index (χ4v) is 3.05. The topological polar surface area (TPSA) is 191 Å². The third-order valence-electron chi connectivity index (χ3n) is 4.91. The molecule has 0 aromatic carbocycles. The minimum Gasteiger partial charge on any atom is -0.480 e. The van der Waals surface area contributed by atoms with Gasteiger partial charge in [0.25, 0.3) is 0 Å². The summed E-state index contributed by atoms with van der Waals surface area (Å²) in [5.74, 6) is -3.32. The van der Waals surface area contributed by atoms with Gasteiger partial charge in [-0.1, -0.05) is 20.3 Å². The molecule has 0 fully saturated rings. The summed E-state index contributed by atoms with van der Waals surface area (Å²) in [6.07, 6.45) is 0.0973. The summed E-state index contributed by atoms with van der Waals surface area (Å²) in [5, 5.41) is 35.6. The van der Waals surface area contributed by atoms with E-state index in [9.17, 15) is 34.5 Å². The van der Waals surface area contributed by atoms with Crippen molar-refractivity contribution in [3.63, 3.8) is 0 Å². The number of aliphatic hydroxyl groups excluding tert-OH is 2. The second-order valence-corrected chi connectivity index (χ2v) is 8.53. The summed E-state index contributed by atoms with van der Waals surface area (Å²) in [5.41, 5.74) is 5.64.